The Labute approximate surface area is 288 Å². The van der Waals surface area contributed by atoms with Crippen molar-refractivity contribution in [3.63, 3.8) is 0 Å². The monoisotopic (exact) mass is 659 g/mol. The van der Waals surface area contributed by atoms with Crippen LogP contribution in [0.2, 0.25) is 0 Å². The van der Waals surface area contributed by atoms with E-state index in [0.29, 0.717) is 61.7 Å². The van der Waals surface area contributed by atoms with Crippen molar-refractivity contribution in [1.82, 2.24) is 19.3 Å². The molecule has 254 valence electrons. The second-order valence-corrected chi connectivity index (χ2v) is 13.7. The average Bonchev–Trinajstić information content (AvgIpc) is 3.35. The molecule has 0 aliphatic carbocycles. The number of fused-ring (bicyclic) bond motifs is 2. The van der Waals surface area contributed by atoms with Gasteiger partial charge in [-0.25, -0.2) is 4.79 Å². The van der Waals surface area contributed by atoms with Crippen LogP contribution in [0.1, 0.15) is 59.8 Å². The van der Waals surface area contributed by atoms with Crippen LogP contribution in [0.3, 0.4) is 0 Å². The molecule has 1 atom stereocenters. The first-order valence-corrected chi connectivity index (χ1v) is 17.4. The van der Waals surface area contributed by atoms with Gasteiger partial charge in [-0.1, -0.05) is 54.6 Å². The maximum atomic E-state index is 15.2. The van der Waals surface area contributed by atoms with Crippen molar-refractivity contribution in [2.24, 2.45) is 5.73 Å². The number of nitrogens with two attached hydrogens (primary N) is 1. The fourth-order valence-corrected chi connectivity index (χ4v) is 7.85. The highest BCUT2D eigenvalue weighted by molar-refractivity contribution is 6.06. The van der Waals surface area contributed by atoms with E-state index in [2.05, 4.69) is 35.2 Å². The zero-order valence-corrected chi connectivity index (χ0v) is 28.7. The smallest absolute Gasteiger partial charge is 0.323 e. The van der Waals surface area contributed by atoms with E-state index in [-0.39, 0.29) is 17.9 Å². The van der Waals surface area contributed by atoms with Crippen LogP contribution in [-0.4, -0.2) is 89.1 Å². The highest BCUT2D eigenvalue weighted by Gasteiger charge is 2.36. The summed E-state index contributed by atoms with van der Waals surface area (Å²) in [5, 5.41) is 0. The first-order valence-electron chi connectivity index (χ1n) is 17.4. The van der Waals surface area contributed by atoms with Crippen molar-refractivity contribution in [3.05, 3.63) is 117 Å². The Kier molecular flexibility index (Phi) is 9.13. The Hall–Kier alpha value is -4.73. The molecule has 0 bridgehead atoms. The Bertz CT molecular complexity index is 1910. The van der Waals surface area contributed by atoms with Crippen molar-refractivity contribution >= 4 is 17.8 Å². The number of ether oxygens (including phenoxy) is 1. The molecule has 1 fully saturated rings. The van der Waals surface area contributed by atoms with Crippen LogP contribution in [0.4, 0.5) is 4.79 Å². The zero-order valence-electron chi connectivity index (χ0n) is 28.7. The number of rotatable bonds is 7. The summed E-state index contributed by atoms with van der Waals surface area (Å²) < 4.78 is 7.15. The molecule has 2 N–H and O–H groups in total. The maximum absolute atomic E-state index is 15.2. The third-order valence-corrected chi connectivity index (χ3v) is 10.8. The first-order chi connectivity index (χ1) is 23.7. The molecule has 7 rings (SSSR count). The van der Waals surface area contributed by atoms with E-state index < -0.39 is 6.03 Å². The fraction of sp³-hybridized carbons (Fsp3) is 0.375. The van der Waals surface area contributed by atoms with Crippen molar-refractivity contribution in [3.8, 4) is 11.3 Å². The molecule has 9 nitrogen and oxygen atoms in total. The summed E-state index contributed by atoms with van der Waals surface area (Å²) in [6.07, 6.45) is 2.15. The molecule has 0 saturated carbocycles. The molecular formula is C40H45N5O4. The molecule has 0 unspecified atom stereocenters. The average molecular weight is 660 g/mol. The molecule has 3 aliphatic rings. The van der Waals surface area contributed by atoms with E-state index >= 15 is 4.79 Å². The number of benzene rings is 3. The summed E-state index contributed by atoms with van der Waals surface area (Å²) in [7, 11) is 0. The van der Waals surface area contributed by atoms with Gasteiger partial charge in [0.2, 0.25) is 0 Å². The van der Waals surface area contributed by atoms with Crippen LogP contribution in [-0.2, 0) is 30.5 Å². The largest absolute Gasteiger partial charge is 0.379 e. The molecule has 1 saturated heterocycles. The number of morpholine rings is 1. The van der Waals surface area contributed by atoms with Gasteiger partial charge in [-0.2, -0.15) is 0 Å². The second-order valence-electron chi connectivity index (χ2n) is 13.7. The molecule has 3 aliphatic heterocycles. The number of hydrogen-bond acceptors (Lipinski definition) is 5. The van der Waals surface area contributed by atoms with E-state index in [4.69, 9.17) is 10.5 Å². The Balaban J connectivity index is 1.32. The van der Waals surface area contributed by atoms with E-state index in [1.807, 2.05) is 60.9 Å². The number of nitrogens with zero attached hydrogens (tertiary/aromatic N) is 4. The number of carbonyl (C=O) groups excluding carboxylic acids is 3. The molecule has 4 heterocycles. The van der Waals surface area contributed by atoms with Gasteiger partial charge >= 0.3 is 6.03 Å². The second kappa shape index (κ2) is 13.6. The van der Waals surface area contributed by atoms with Crippen LogP contribution in [0, 0.1) is 20.8 Å². The molecule has 0 spiro atoms. The van der Waals surface area contributed by atoms with Gasteiger partial charge in [0.15, 0.2) is 0 Å². The molecule has 4 aromatic rings. The summed E-state index contributed by atoms with van der Waals surface area (Å²) >= 11 is 0. The topological polar surface area (TPSA) is 101 Å². The number of amides is 3. The van der Waals surface area contributed by atoms with E-state index in [1.165, 1.54) is 15.7 Å². The van der Waals surface area contributed by atoms with Crippen LogP contribution in [0.15, 0.2) is 66.7 Å². The Morgan fingerprint density at radius 2 is 1.57 bits per heavy atom. The third kappa shape index (κ3) is 6.29. The summed E-state index contributed by atoms with van der Waals surface area (Å²) in [4.78, 5) is 48.5. The lowest BCUT2D eigenvalue weighted by Crippen LogP contribution is -2.52. The molecule has 9 heteroatoms. The molecule has 49 heavy (non-hydrogen) atoms. The standard InChI is InChI=1S/C40H45N5O4/c1-26-27(2)37(45(28(26)3)40(41)48)35-22-31-14-16-43(15-13-29-9-5-4-6-10-29)38(46)34(31)23-36(35)39(47)44-24-32-12-8-7-11-30(32)21-33(44)25-42-17-19-49-20-18-42/h4-12,22-23,33H,13-21,24-25H2,1-3H3,(H2,41,48)/t33-/m0/s1. The number of carbonyl (C=O) groups is 3. The lowest BCUT2D eigenvalue weighted by atomic mass is 9.88. The minimum atomic E-state index is -0.597. The van der Waals surface area contributed by atoms with Crippen molar-refractivity contribution < 1.29 is 19.1 Å². The van der Waals surface area contributed by atoms with Gasteiger partial charge in [-0.3, -0.25) is 19.1 Å². The van der Waals surface area contributed by atoms with Crippen LogP contribution in [0.25, 0.3) is 11.3 Å². The normalized spacial score (nSPS) is 17.9. The van der Waals surface area contributed by atoms with Gasteiger partial charge < -0.3 is 20.3 Å². The fourth-order valence-electron chi connectivity index (χ4n) is 7.85. The lowest BCUT2D eigenvalue weighted by Gasteiger charge is -2.41. The van der Waals surface area contributed by atoms with E-state index in [0.717, 1.165) is 60.4 Å². The van der Waals surface area contributed by atoms with Gasteiger partial charge in [0.1, 0.15) is 0 Å². The number of aromatic nitrogens is 1. The molecule has 3 amide bonds. The Morgan fingerprint density at radius 1 is 0.857 bits per heavy atom. The number of hydrogen-bond donors (Lipinski definition) is 1. The van der Waals surface area contributed by atoms with Crippen LogP contribution in [0.5, 0.6) is 0 Å². The van der Waals surface area contributed by atoms with Gasteiger partial charge in [0.25, 0.3) is 11.8 Å². The summed E-state index contributed by atoms with van der Waals surface area (Å²) in [5.74, 6) is -0.215. The number of primary amides is 1. The van der Waals surface area contributed by atoms with Crippen LogP contribution < -0.4 is 5.73 Å². The predicted octanol–water partition coefficient (Wildman–Crippen LogP) is 5.15. The highest BCUT2D eigenvalue weighted by atomic mass is 16.5. The summed E-state index contributed by atoms with van der Waals surface area (Å²) in [5.41, 5.74) is 15.3. The molecule has 3 aromatic carbocycles. The zero-order chi connectivity index (χ0) is 34.2. The van der Waals surface area contributed by atoms with E-state index in [1.54, 1.807) is 6.07 Å². The lowest BCUT2D eigenvalue weighted by molar-refractivity contribution is 0.0193. The maximum Gasteiger partial charge on any atom is 0.323 e. The van der Waals surface area contributed by atoms with E-state index in [9.17, 15) is 9.59 Å². The third-order valence-electron chi connectivity index (χ3n) is 10.8. The Morgan fingerprint density at radius 3 is 2.31 bits per heavy atom. The predicted molar refractivity (Wildman–Crippen MR) is 190 cm³/mol. The van der Waals surface area contributed by atoms with Crippen molar-refractivity contribution in [2.75, 3.05) is 45.9 Å². The van der Waals surface area contributed by atoms with Gasteiger partial charge in [0, 0.05) is 67.7 Å². The quantitative estimate of drug-likeness (QED) is 0.296. The first kappa shape index (κ1) is 32.8. The SMILES string of the molecule is Cc1c(C)c(-c2cc3c(cc2C(=O)N2Cc4ccccc4C[C@H]2CN2CCOCC2)C(=O)N(CCc2ccccc2)CC3)n(C(N)=O)c1C. The van der Waals surface area contributed by atoms with Gasteiger partial charge in [0.05, 0.1) is 18.9 Å². The van der Waals surface area contributed by atoms with Crippen molar-refractivity contribution in [2.45, 2.75) is 52.6 Å². The minimum absolute atomic E-state index is 0.0685. The summed E-state index contributed by atoms with van der Waals surface area (Å²) in [6.45, 7) is 11.2. The molecular weight excluding hydrogens is 614 g/mol. The van der Waals surface area contributed by atoms with Crippen molar-refractivity contribution in [1.29, 1.82) is 0 Å². The van der Waals surface area contributed by atoms with Crippen LogP contribution >= 0.6 is 0 Å². The molecule has 0 radical (unpaired) electrons. The molecule has 1 aromatic heterocycles. The van der Waals surface area contributed by atoms with Gasteiger partial charge in [-0.05, 0) is 85.5 Å². The minimum Gasteiger partial charge on any atom is -0.379 e. The summed E-state index contributed by atoms with van der Waals surface area (Å²) in [6, 6.07) is 21.6. The van der Waals surface area contributed by atoms with Gasteiger partial charge in [-0.15, -0.1) is 0 Å². The highest BCUT2D eigenvalue weighted by Crippen LogP contribution is 2.37.